The van der Waals surface area contributed by atoms with Crippen molar-refractivity contribution in [3.05, 3.63) is 35.4 Å². The van der Waals surface area contributed by atoms with Gasteiger partial charge < -0.3 is 5.11 Å². The van der Waals surface area contributed by atoms with Gasteiger partial charge in [-0.25, -0.2) is 0 Å². The molecule has 0 aliphatic carbocycles. The molecule has 2 rings (SSSR count). The van der Waals surface area contributed by atoms with Crippen LogP contribution in [0.3, 0.4) is 0 Å². The Kier molecular flexibility index (Phi) is 3.28. The van der Waals surface area contributed by atoms with Gasteiger partial charge in [0.1, 0.15) is 0 Å². The van der Waals surface area contributed by atoms with E-state index >= 15 is 0 Å². The van der Waals surface area contributed by atoms with E-state index in [9.17, 15) is 5.11 Å². The van der Waals surface area contributed by atoms with Crippen LogP contribution in [0, 0.1) is 6.92 Å². The van der Waals surface area contributed by atoms with Gasteiger partial charge in [-0.1, -0.05) is 0 Å². The van der Waals surface area contributed by atoms with Crippen molar-refractivity contribution in [2.75, 3.05) is 0 Å². The molecule has 2 heterocycles. The number of aliphatic hydroxyl groups is 1. The molecule has 2 aromatic heterocycles. The lowest BCUT2D eigenvalue weighted by Gasteiger charge is -2.09. The Labute approximate surface area is 101 Å². The third kappa shape index (κ3) is 2.74. The van der Waals surface area contributed by atoms with Gasteiger partial charge in [0.05, 0.1) is 23.7 Å². The zero-order valence-corrected chi connectivity index (χ0v) is 10.5. The van der Waals surface area contributed by atoms with Crippen LogP contribution in [0.25, 0.3) is 0 Å². The molecule has 0 saturated heterocycles. The highest BCUT2D eigenvalue weighted by Crippen LogP contribution is 2.19. The first-order valence-corrected chi connectivity index (χ1v) is 5.72. The first-order valence-electron chi connectivity index (χ1n) is 5.72. The van der Waals surface area contributed by atoms with Crippen LogP contribution in [0.5, 0.6) is 0 Å². The SMILES string of the molecule is Cc1cc(C(O)CCc2cnn(C)c2)n(C)n1. The highest BCUT2D eigenvalue weighted by molar-refractivity contribution is 5.12. The number of aliphatic hydroxyl groups excluding tert-OH is 1. The quantitative estimate of drug-likeness (QED) is 0.862. The van der Waals surface area contributed by atoms with E-state index in [-0.39, 0.29) is 0 Å². The number of aryl methyl sites for hydroxylation is 4. The number of aromatic nitrogens is 4. The molecule has 0 fully saturated rings. The predicted molar refractivity (Wildman–Crippen MR) is 64.4 cm³/mol. The molecule has 0 spiro atoms. The van der Waals surface area contributed by atoms with Crippen LogP contribution in [0.1, 0.15) is 29.5 Å². The summed E-state index contributed by atoms with van der Waals surface area (Å²) in [5.41, 5.74) is 2.94. The van der Waals surface area contributed by atoms with E-state index in [4.69, 9.17) is 0 Å². The van der Waals surface area contributed by atoms with Crippen molar-refractivity contribution in [3.63, 3.8) is 0 Å². The standard InChI is InChI=1S/C12H18N4O/c1-9-6-11(16(3)14-9)12(17)5-4-10-7-13-15(2)8-10/h6-8,12,17H,4-5H2,1-3H3. The Morgan fingerprint density at radius 3 is 2.71 bits per heavy atom. The van der Waals surface area contributed by atoms with Crippen molar-refractivity contribution < 1.29 is 5.11 Å². The van der Waals surface area contributed by atoms with Gasteiger partial charge in [0.15, 0.2) is 0 Å². The molecule has 0 radical (unpaired) electrons. The molecule has 0 aromatic carbocycles. The van der Waals surface area contributed by atoms with E-state index in [2.05, 4.69) is 10.2 Å². The van der Waals surface area contributed by atoms with Crippen LogP contribution in [-0.4, -0.2) is 24.7 Å². The first-order chi connectivity index (χ1) is 8.06. The highest BCUT2D eigenvalue weighted by Gasteiger charge is 2.13. The minimum Gasteiger partial charge on any atom is -0.387 e. The van der Waals surface area contributed by atoms with Gasteiger partial charge in [-0.05, 0) is 31.4 Å². The first kappa shape index (κ1) is 11.9. The van der Waals surface area contributed by atoms with E-state index in [1.165, 1.54) is 0 Å². The van der Waals surface area contributed by atoms with Gasteiger partial charge >= 0.3 is 0 Å². The molecular formula is C12H18N4O. The number of hydrogen-bond acceptors (Lipinski definition) is 3. The summed E-state index contributed by atoms with van der Waals surface area (Å²) in [5, 5.41) is 18.4. The summed E-state index contributed by atoms with van der Waals surface area (Å²) in [6, 6.07) is 1.92. The van der Waals surface area contributed by atoms with Gasteiger partial charge in [-0.3, -0.25) is 9.36 Å². The average molecular weight is 234 g/mol. The minimum atomic E-state index is -0.471. The Morgan fingerprint density at radius 2 is 2.18 bits per heavy atom. The van der Waals surface area contributed by atoms with E-state index in [1.807, 2.05) is 39.5 Å². The predicted octanol–water partition coefficient (Wildman–Crippen LogP) is 1.13. The Balaban J connectivity index is 1.97. The second-order valence-corrected chi connectivity index (χ2v) is 4.41. The van der Waals surface area contributed by atoms with Crippen LogP contribution in [0.2, 0.25) is 0 Å². The Bertz CT molecular complexity index is 500. The summed E-state index contributed by atoms with van der Waals surface area (Å²) in [7, 11) is 3.75. The van der Waals surface area contributed by atoms with Crippen LogP contribution < -0.4 is 0 Å². The molecule has 0 amide bonds. The van der Waals surface area contributed by atoms with Crippen LogP contribution in [0.15, 0.2) is 18.5 Å². The topological polar surface area (TPSA) is 55.9 Å². The largest absolute Gasteiger partial charge is 0.387 e. The maximum absolute atomic E-state index is 10.1. The maximum atomic E-state index is 10.1. The number of rotatable bonds is 4. The fourth-order valence-electron chi connectivity index (χ4n) is 1.99. The van der Waals surface area contributed by atoms with Gasteiger partial charge in [-0.2, -0.15) is 10.2 Å². The molecule has 92 valence electrons. The minimum absolute atomic E-state index is 0.471. The molecule has 0 aliphatic rings. The summed E-state index contributed by atoms with van der Waals surface area (Å²) in [4.78, 5) is 0. The Morgan fingerprint density at radius 1 is 1.41 bits per heavy atom. The lowest BCUT2D eigenvalue weighted by atomic mass is 10.1. The van der Waals surface area contributed by atoms with Crippen molar-refractivity contribution in [1.82, 2.24) is 19.6 Å². The van der Waals surface area contributed by atoms with Crippen molar-refractivity contribution in [2.45, 2.75) is 25.9 Å². The smallest absolute Gasteiger partial charge is 0.0959 e. The van der Waals surface area contributed by atoms with Crippen LogP contribution in [-0.2, 0) is 20.5 Å². The van der Waals surface area contributed by atoms with Gasteiger partial charge in [0.25, 0.3) is 0 Å². The van der Waals surface area contributed by atoms with Gasteiger partial charge in [0, 0.05) is 20.3 Å². The monoisotopic (exact) mass is 234 g/mol. The lowest BCUT2D eigenvalue weighted by Crippen LogP contribution is -2.06. The van der Waals surface area contributed by atoms with Crippen molar-refractivity contribution in [3.8, 4) is 0 Å². The van der Waals surface area contributed by atoms with Crippen LogP contribution in [0.4, 0.5) is 0 Å². The van der Waals surface area contributed by atoms with Gasteiger partial charge in [0.2, 0.25) is 0 Å². The molecule has 2 aromatic rings. The van der Waals surface area contributed by atoms with Crippen molar-refractivity contribution in [1.29, 1.82) is 0 Å². The van der Waals surface area contributed by atoms with E-state index in [0.29, 0.717) is 6.42 Å². The molecular weight excluding hydrogens is 216 g/mol. The lowest BCUT2D eigenvalue weighted by molar-refractivity contribution is 0.158. The fraction of sp³-hybridized carbons (Fsp3) is 0.500. The second kappa shape index (κ2) is 4.71. The molecule has 1 N–H and O–H groups in total. The summed E-state index contributed by atoms with van der Waals surface area (Å²) < 4.78 is 3.51. The van der Waals surface area contributed by atoms with Crippen molar-refractivity contribution in [2.24, 2.45) is 14.1 Å². The highest BCUT2D eigenvalue weighted by atomic mass is 16.3. The Hall–Kier alpha value is -1.62. The average Bonchev–Trinajstić information content (AvgIpc) is 2.81. The summed E-state index contributed by atoms with van der Waals surface area (Å²) in [6.07, 6.45) is 4.84. The summed E-state index contributed by atoms with van der Waals surface area (Å²) in [6.45, 7) is 1.93. The normalized spacial score (nSPS) is 12.9. The maximum Gasteiger partial charge on any atom is 0.0959 e. The molecule has 1 unspecified atom stereocenters. The molecule has 0 saturated carbocycles. The fourth-order valence-corrected chi connectivity index (χ4v) is 1.99. The molecule has 5 heteroatoms. The summed E-state index contributed by atoms with van der Waals surface area (Å²) >= 11 is 0. The third-order valence-electron chi connectivity index (χ3n) is 2.84. The molecule has 17 heavy (non-hydrogen) atoms. The second-order valence-electron chi connectivity index (χ2n) is 4.41. The number of hydrogen-bond donors (Lipinski definition) is 1. The molecule has 1 atom stereocenters. The molecule has 5 nitrogen and oxygen atoms in total. The van der Waals surface area contributed by atoms with E-state index in [0.717, 1.165) is 23.4 Å². The van der Waals surface area contributed by atoms with Gasteiger partial charge in [-0.15, -0.1) is 0 Å². The number of nitrogens with zero attached hydrogens (tertiary/aromatic N) is 4. The zero-order chi connectivity index (χ0) is 12.4. The van der Waals surface area contributed by atoms with E-state index < -0.39 is 6.10 Å². The molecule has 0 aliphatic heterocycles. The zero-order valence-electron chi connectivity index (χ0n) is 10.5. The third-order valence-corrected chi connectivity index (χ3v) is 2.84. The summed E-state index contributed by atoms with van der Waals surface area (Å²) in [5.74, 6) is 0. The van der Waals surface area contributed by atoms with Crippen LogP contribution >= 0.6 is 0 Å². The molecule has 0 bridgehead atoms. The van der Waals surface area contributed by atoms with Crippen molar-refractivity contribution >= 4 is 0 Å². The van der Waals surface area contributed by atoms with E-state index in [1.54, 1.807) is 9.36 Å².